The number of anilines is 1. The SMILES string of the molecule is COc1cc(N(CCc2ccc(C(F)(F)F)cn2)C(=O)[C@@H](O)c2ccc(F)cc2)ccc1Cl. The van der Waals surface area contributed by atoms with Crippen molar-refractivity contribution in [3.63, 3.8) is 0 Å². The highest BCUT2D eigenvalue weighted by Gasteiger charge is 2.31. The quantitative estimate of drug-likeness (QED) is 0.470. The molecule has 33 heavy (non-hydrogen) atoms. The van der Waals surface area contributed by atoms with E-state index in [2.05, 4.69) is 4.98 Å². The number of nitrogens with zero attached hydrogens (tertiary/aromatic N) is 2. The lowest BCUT2D eigenvalue weighted by Gasteiger charge is -2.26. The average molecular weight is 483 g/mol. The number of hydrogen-bond acceptors (Lipinski definition) is 4. The van der Waals surface area contributed by atoms with Crippen molar-refractivity contribution in [1.29, 1.82) is 0 Å². The van der Waals surface area contributed by atoms with Crippen LogP contribution in [0.5, 0.6) is 5.75 Å². The van der Waals surface area contributed by atoms with Crippen molar-refractivity contribution in [3.05, 3.63) is 88.5 Å². The third kappa shape index (κ3) is 6.00. The second kappa shape index (κ2) is 10.2. The van der Waals surface area contributed by atoms with E-state index in [1.54, 1.807) is 6.07 Å². The zero-order valence-electron chi connectivity index (χ0n) is 17.3. The predicted molar refractivity (Wildman–Crippen MR) is 115 cm³/mol. The Kier molecular flexibility index (Phi) is 7.55. The first-order chi connectivity index (χ1) is 15.6. The van der Waals surface area contributed by atoms with E-state index >= 15 is 0 Å². The minimum absolute atomic E-state index is 0.0137. The third-order valence-corrected chi connectivity index (χ3v) is 5.19. The summed E-state index contributed by atoms with van der Waals surface area (Å²) in [4.78, 5) is 18.2. The molecule has 0 saturated carbocycles. The first-order valence-corrected chi connectivity index (χ1v) is 10.1. The Morgan fingerprint density at radius 1 is 1.15 bits per heavy atom. The summed E-state index contributed by atoms with van der Waals surface area (Å²) in [6.07, 6.45) is -5.29. The molecule has 0 aliphatic rings. The molecule has 0 bridgehead atoms. The number of benzene rings is 2. The van der Waals surface area contributed by atoms with Crippen molar-refractivity contribution < 1.29 is 32.2 Å². The number of halogens is 5. The number of alkyl halides is 3. The lowest BCUT2D eigenvalue weighted by molar-refractivity contribution is -0.137. The number of hydrogen-bond donors (Lipinski definition) is 1. The van der Waals surface area contributed by atoms with E-state index in [4.69, 9.17) is 16.3 Å². The minimum Gasteiger partial charge on any atom is -0.495 e. The van der Waals surface area contributed by atoms with Crippen LogP contribution in [0.3, 0.4) is 0 Å². The molecule has 1 aromatic heterocycles. The van der Waals surface area contributed by atoms with Gasteiger partial charge in [-0.05, 0) is 42.0 Å². The minimum atomic E-state index is -4.51. The van der Waals surface area contributed by atoms with Crippen molar-refractivity contribution in [2.45, 2.75) is 18.7 Å². The Bertz CT molecular complexity index is 1110. The van der Waals surface area contributed by atoms with Gasteiger partial charge in [0.25, 0.3) is 5.91 Å². The maximum absolute atomic E-state index is 13.2. The number of ether oxygens (including phenoxy) is 1. The third-order valence-electron chi connectivity index (χ3n) is 4.88. The van der Waals surface area contributed by atoms with Crippen LogP contribution in [0.1, 0.15) is 22.9 Å². The molecule has 3 rings (SSSR count). The number of pyridine rings is 1. The molecule has 0 aliphatic heterocycles. The summed E-state index contributed by atoms with van der Waals surface area (Å²) in [7, 11) is 1.40. The maximum atomic E-state index is 13.2. The molecule has 1 heterocycles. The topological polar surface area (TPSA) is 62.7 Å². The molecule has 0 radical (unpaired) electrons. The van der Waals surface area contributed by atoms with Gasteiger partial charge in [0, 0.05) is 36.6 Å². The van der Waals surface area contributed by atoms with E-state index in [9.17, 15) is 27.5 Å². The van der Waals surface area contributed by atoms with Crippen LogP contribution < -0.4 is 9.64 Å². The molecule has 3 aromatic rings. The Balaban J connectivity index is 1.88. The van der Waals surface area contributed by atoms with E-state index in [0.717, 1.165) is 24.4 Å². The van der Waals surface area contributed by atoms with Gasteiger partial charge in [0.05, 0.1) is 17.7 Å². The summed E-state index contributed by atoms with van der Waals surface area (Å²) >= 11 is 6.06. The maximum Gasteiger partial charge on any atom is 0.417 e. The van der Waals surface area contributed by atoms with Gasteiger partial charge in [0.15, 0.2) is 6.10 Å². The zero-order valence-corrected chi connectivity index (χ0v) is 18.1. The van der Waals surface area contributed by atoms with Gasteiger partial charge in [0.1, 0.15) is 11.6 Å². The van der Waals surface area contributed by atoms with E-state index in [1.807, 2.05) is 0 Å². The molecular formula is C23H19ClF4N2O3. The van der Waals surface area contributed by atoms with Crippen molar-refractivity contribution in [1.82, 2.24) is 4.98 Å². The molecule has 10 heteroatoms. The van der Waals surface area contributed by atoms with Crippen molar-refractivity contribution in [3.8, 4) is 5.75 Å². The number of rotatable bonds is 7. The van der Waals surface area contributed by atoms with Gasteiger partial charge in [-0.1, -0.05) is 23.7 Å². The summed E-state index contributed by atoms with van der Waals surface area (Å²) in [6, 6.07) is 11.5. The van der Waals surface area contributed by atoms with Gasteiger partial charge in [0.2, 0.25) is 0 Å². The zero-order chi connectivity index (χ0) is 24.2. The molecule has 0 unspecified atom stereocenters. The highest BCUT2D eigenvalue weighted by molar-refractivity contribution is 6.32. The second-order valence-electron chi connectivity index (χ2n) is 7.05. The summed E-state index contributed by atoms with van der Waals surface area (Å²) in [5, 5.41) is 10.9. The van der Waals surface area contributed by atoms with Gasteiger partial charge in [-0.25, -0.2) is 4.39 Å². The Labute approximate surface area is 192 Å². The van der Waals surface area contributed by atoms with Gasteiger partial charge in [-0.2, -0.15) is 13.2 Å². The molecule has 5 nitrogen and oxygen atoms in total. The fraction of sp³-hybridized carbons (Fsp3) is 0.217. The van der Waals surface area contributed by atoms with Gasteiger partial charge in [-0.3, -0.25) is 9.78 Å². The fourth-order valence-corrected chi connectivity index (χ4v) is 3.28. The van der Waals surface area contributed by atoms with Crippen molar-refractivity contribution in [2.75, 3.05) is 18.6 Å². The summed E-state index contributed by atoms with van der Waals surface area (Å²) < 4.78 is 56.7. The number of aliphatic hydroxyl groups is 1. The van der Waals surface area contributed by atoms with E-state index in [0.29, 0.717) is 16.4 Å². The van der Waals surface area contributed by atoms with E-state index in [1.165, 1.54) is 42.3 Å². The monoisotopic (exact) mass is 482 g/mol. The number of aliphatic hydroxyl groups excluding tert-OH is 1. The standard InChI is InChI=1S/C23H19ClF4N2O3/c1-33-20-12-18(8-9-19(20)24)30(22(32)21(31)14-2-5-16(25)6-3-14)11-10-17-7-4-15(13-29-17)23(26,27)28/h2-9,12-13,21,31H,10-11H2,1H3/t21-/m0/s1. The van der Waals surface area contributed by atoms with Crippen LogP contribution in [0, 0.1) is 5.82 Å². The predicted octanol–water partition coefficient (Wildman–Crippen LogP) is 5.21. The van der Waals surface area contributed by atoms with E-state index < -0.39 is 29.6 Å². The molecule has 1 N–H and O–H groups in total. The lowest BCUT2D eigenvalue weighted by Crippen LogP contribution is -2.37. The van der Waals surface area contributed by atoms with Crippen LogP contribution in [-0.4, -0.2) is 29.7 Å². The largest absolute Gasteiger partial charge is 0.495 e. The number of amides is 1. The Morgan fingerprint density at radius 2 is 1.85 bits per heavy atom. The fourth-order valence-electron chi connectivity index (χ4n) is 3.08. The van der Waals surface area contributed by atoms with E-state index in [-0.39, 0.29) is 24.3 Å². The Hall–Kier alpha value is -3.17. The lowest BCUT2D eigenvalue weighted by atomic mass is 10.1. The van der Waals surface area contributed by atoms with Gasteiger partial charge >= 0.3 is 6.18 Å². The van der Waals surface area contributed by atoms with Crippen LogP contribution in [0.15, 0.2) is 60.8 Å². The van der Waals surface area contributed by atoms with Gasteiger partial charge in [-0.15, -0.1) is 0 Å². The first-order valence-electron chi connectivity index (χ1n) is 9.70. The number of methoxy groups -OCH3 is 1. The molecule has 0 aliphatic carbocycles. The summed E-state index contributed by atoms with van der Waals surface area (Å²) in [6.45, 7) is -0.0137. The molecule has 1 atom stereocenters. The van der Waals surface area contributed by atoms with Crippen LogP contribution >= 0.6 is 11.6 Å². The van der Waals surface area contributed by atoms with Crippen LogP contribution in [0.4, 0.5) is 23.2 Å². The molecule has 0 fully saturated rings. The second-order valence-corrected chi connectivity index (χ2v) is 7.46. The summed E-state index contributed by atoms with van der Waals surface area (Å²) in [5.41, 5.74) is -0.0411. The van der Waals surface area contributed by atoms with Crippen LogP contribution in [-0.2, 0) is 17.4 Å². The molecule has 174 valence electrons. The highest BCUT2D eigenvalue weighted by atomic mass is 35.5. The van der Waals surface area contributed by atoms with Crippen molar-refractivity contribution >= 4 is 23.2 Å². The number of carbonyl (C=O) groups excluding carboxylic acids is 1. The average Bonchev–Trinajstić information content (AvgIpc) is 2.79. The van der Waals surface area contributed by atoms with Crippen LogP contribution in [0.25, 0.3) is 0 Å². The van der Waals surface area contributed by atoms with Crippen molar-refractivity contribution in [2.24, 2.45) is 0 Å². The molecule has 0 spiro atoms. The van der Waals surface area contributed by atoms with Crippen LogP contribution in [0.2, 0.25) is 5.02 Å². The van der Waals surface area contributed by atoms with Gasteiger partial charge < -0.3 is 14.7 Å². The molecule has 2 aromatic carbocycles. The number of carbonyl (C=O) groups is 1. The molecular weight excluding hydrogens is 464 g/mol. The highest BCUT2D eigenvalue weighted by Crippen LogP contribution is 2.31. The Morgan fingerprint density at radius 3 is 2.42 bits per heavy atom. The first kappa shape index (κ1) is 24.5. The molecule has 1 amide bonds. The smallest absolute Gasteiger partial charge is 0.417 e. The number of aromatic nitrogens is 1. The normalized spacial score (nSPS) is 12.3. The summed E-state index contributed by atoms with van der Waals surface area (Å²) in [5.74, 6) is -0.958. The molecule has 0 saturated heterocycles.